The topological polar surface area (TPSA) is 65.1 Å². The van der Waals surface area contributed by atoms with Gasteiger partial charge in [0.15, 0.2) is 5.11 Å². The van der Waals surface area contributed by atoms with Gasteiger partial charge in [-0.25, -0.2) is 4.98 Å². The van der Waals surface area contributed by atoms with Crippen molar-refractivity contribution in [3.63, 3.8) is 0 Å². The van der Waals surface area contributed by atoms with Crippen molar-refractivity contribution >= 4 is 45.7 Å². The molecule has 0 radical (unpaired) electrons. The fourth-order valence-corrected chi connectivity index (χ4v) is 5.43. The summed E-state index contributed by atoms with van der Waals surface area (Å²) in [5.41, 5.74) is 4.78. The van der Waals surface area contributed by atoms with E-state index in [1.54, 1.807) is 0 Å². The van der Waals surface area contributed by atoms with Crippen LogP contribution in [0.25, 0.3) is 10.9 Å². The lowest BCUT2D eigenvalue weighted by Crippen LogP contribution is -2.36. The van der Waals surface area contributed by atoms with E-state index in [2.05, 4.69) is 78.9 Å². The second kappa shape index (κ2) is 12.1. The SMILES string of the molecule is CC(C)c1cccc(C(C)C)c1NC(=S)NCC1CCC(Nc2nc(N(C)C)c3ccccc3n2)CC1. The van der Waals surface area contributed by atoms with Crippen LogP contribution in [-0.2, 0) is 0 Å². The minimum atomic E-state index is 0.393. The number of rotatable bonds is 8. The van der Waals surface area contributed by atoms with Gasteiger partial charge in [0, 0.05) is 37.8 Å². The van der Waals surface area contributed by atoms with Gasteiger partial charge in [0.1, 0.15) is 5.82 Å². The van der Waals surface area contributed by atoms with Crippen LogP contribution in [-0.4, -0.2) is 41.8 Å². The molecular formula is C30H42N6S. The van der Waals surface area contributed by atoms with Crippen LogP contribution >= 0.6 is 12.2 Å². The van der Waals surface area contributed by atoms with Crippen molar-refractivity contribution < 1.29 is 0 Å². The minimum absolute atomic E-state index is 0.393. The van der Waals surface area contributed by atoms with Crippen molar-refractivity contribution in [2.75, 3.05) is 36.2 Å². The van der Waals surface area contributed by atoms with Crippen LogP contribution in [0.15, 0.2) is 42.5 Å². The van der Waals surface area contributed by atoms with E-state index in [0.29, 0.717) is 23.8 Å². The van der Waals surface area contributed by atoms with Crippen LogP contribution in [0.3, 0.4) is 0 Å². The molecule has 0 amide bonds. The van der Waals surface area contributed by atoms with E-state index in [-0.39, 0.29) is 0 Å². The number of nitrogens with one attached hydrogen (secondary N) is 3. The normalized spacial score (nSPS) is 17.7. The van der Waals surface area contributed by atoms with Crippen LogP contribution in [0, 0.1) is 5.92 Å². The molecule has 2 aromatic carbocycles. The summed E-state index contributed by atoms with van der Waals surface area (Å²) in [7, 11) is 4.06. The average Bonchev–Trinajstić information content (AvgIpc) is 2.87. The zero-order valence-corrected chi connectivity index (χ0v) is 24.0. The quantitative estimate of drug-likeness (QED) is 0.280. The second-order valence-corrected chi connectivity index (χ2v) is 11.5. The Labute approximate surface area is 227 Å². The maximum Gasteiger partial charge on any atom is 0.225 e. The zero-order valence-electron chi connectivity index (χ0n) is 23.1. The highest BCUT2D eigenvalue weighted by atomic mass is 32.1. The standard InChI is InChI=1S/C30H42N6S/c1-19(2)23-11-9-12-24(20(3)4)27(23)34-30(37)31-18-21-14-16-22(17-15-21)32-29-33-26-13-8-7-10-25(26)28(35-29)36(5)6/h7-13,19-22H,14-18H2,1-6H3,(H2,31,34,37)(H,32,33,35). The zero-order chi connectivity index (χ0) is 26.5. The minimum Gasteiger partial charge on any atom is -0.362 e. The van der Waals surface area contributed by atoms with Crippen LogP contribution in [0.1, 0.15) is 76.3 Å². The molecule has 0 saturated heterocycles. The molecule has 1 saturated carbocycles. The van der Waals surface area contributed by atoms with Crippen molar-refractivity contribution in [1.29, 1.82) is 0 Å². The van der Waals surface area contributed by atoms with Crippen molar-refractivity contribution in [1.82, 2.24) is 15.3 Å². The Balaban J connectivity index is 1.31. The lowest BCUT2D eigenvalue weighted by Gasteiger charge is -2.30. The van der Waals surface area contributed by atoms with Crippen molar-refractivity contribution in [3.05, 3.63) is 53.6 Å². The molecule has 3 N–H and O–H groups in total. The molecule has 7 heteroatoms. The third kappa shape index (κ3) is 6.69. The van der Waals surface area contributed by atoms with E-state index < -0.39 is 0 Å². The van der Waals surface area contributed by atoms with Gasteiger partial charge in [0.25, 0.3) is 0 Å². The Kier molecular flexibility index (Phi) is 8.85. The van der Waals surface area contributed by atoms with Gasteiger partial charge in [0.05, 0.1) is 5.52 Å². The number of aromatic nitrogens is 2. The van der Waals surface area contributed by atoms with Crippen LogP contribution < -0.4 is 20.9 Å². The first-order chi connectivity index (χ1) is 17.7. The Morgan fingerprint density at radius 2 is 1.57 bits per heavy atom. The van der Waals surface area contributed by atoms with Crippen LogP contribution in [0.2, 0.25) is 0 Å². The predicted molar refractivity (Wildman–Crippen MR) is 162 cm³/mol. The number of hydrogen-bond donors (Lipinski definition) is 3. The molecule has 6 nitrogen and oxygen atoms in total. The monoisotopic (exact) mass is 518 g/mol. The smallest absolute Gasteiger partial charge is 0.225 e. The van der Waals surface area contributed by atoms with Gasteiger partial charge >= 0.3 is 0 Å². The summed E-state index contributed by atoms with van der Waals surface area (Å²) < 4.78 is 0. The maximum absolute atomic E-state index is 5.72. The largest absolute Gasteiger partial charge is 0.362 e. The first-order valence-electron chi connectivity index (χ1n) is 13.6. The maximum atomic E-state index is 5.72. The molecule has 0 spiro atoms. The summed E-state index contributed by atoms with van der Waals surface area (Å²) in [4.78, 5) is 11.7. The lowest BCUT2D eigenvalue weighted by atomic mass is 9.86. The summed E-state index contributed by atoms with van der Waals surface area (Å²) in [5.74, 6) is 3.16. The van der Waals surface area contributed by atoms with Crippen LogP contribution in [0.4, 0.5) is 17.5 Å². The molecule has 1 fully saturated rings. The Morgan fingerprint density at radius 3 is 2.19 bits per heavy atom. The lowest BCUT2D eigenvalue weighted by molar-refractivity contribution is 0.336. The fraction of sp³-hybridized carbons (Fsp3) is 0.500. The number of hydrogen-bond acceptors (Lipinski definition) is 5. The van der Waals surface area contributed by atoms with Crippen molar-refractivity contribution in [3.8, 4) is 0 Å². The average molecular weight is 519 g/mol. The highest BCUT2D eigenvalue weighted by Crippen LogP contribution is 2.33. The molecule has 3 aromatic rings. The summed E-state index contributed by atoms with van der Waals surface area (Å²) in [6, 6.07) is 15.2. The van der Waals surface area contributed by atoms with Crippen LogP contribution in [0.5, 0.6) is 0 Å². The summed E-state index contributed by atoms with van der Waals surface area (Å²) in [6.07, 6.45) is 4.52. The van der Waals surface area contributed by atoms with E-state index in [9.17, 15) is 0 Å². The third-order valence-corrected chi connectivity index (χ3v) is 7.60. The Bertz CT molecular complexity index is 1190. The first-order valence-corrected chi connectivity index (χ1v) is 14.0. The first kappa shape index (κ1) is 27.1. The number of benzene rings is 2. The van der Waals surface area contributed by atoms with E-state index in [1.165, 1.54) is 16.8 Å². The molecule has 1 aromatic heterocycles. The predicted octanol–water partition coefficient (Wildman–Crippen LogP) is 6.90. The molecule has 0 atom stereocenters. The molecule has 0 unspecified atom stereocenters. The number of nitrogens with zero attached hydrogens (tertiary/aromatic N) is 3. The molecule has 198 valence electrons. The molecular weight excluding hydrogens is 476 g/mol. The van der Waals surface area contributed by atoms with Gasteiger partial charge in [-0.1, -0.05) is 58.0 Å². The van der Waals surface area contributed by atoms with Gasteiger partial charge in [-0.2, -0.15) is 4.98 Å². The van der Waals surface area contributed by atoms with Gasteiger partial charge in [0.2, 0.25) is 5.95 Å². The Morgan fingerprint density at radius 1 is 0.919 bits per heavy atom. The molecule has 1 aliphatic rings. The molecule has 37 heavy (non-hydrogen) atoms. The summed E-state index contributed by atoms with van der Waals surface area (Å²) >= 11 is 5.72. The van der Waals surface area contributed by atoms with E-state index in [4.69, 9.17) is 22.2 Å². The second-order valence-electron chi connectivity index (χ2n) is 11.1. The molecule has 4 rings (SSSR count). The van der Waals surface area contributed by atoms with Crippen molar-refractivity contribution in [2.45, 2.75) is 71.3 Å². The number of fused-ring (bicyclic) bond motifs is 1. The van der Waals surface area contributed by atoms with E-state index in [1.807, 2.05) is 26.2 Å². The molecule has 1 heterocycles. The highest BCUT2D eigenvalue weighted by Gasteiger charge is 2.23. The highest BCUT2D eigenvalue weighted by molar-refractivity contribution is 7.80. The third-order valence-electron chi connectivity index (χ3n) is 7.35. The van der Waals surface area contributed by atoms with Gasteiger partial charge in [-0.05, 0) is 78.9 Å². The van der Waals surface area contributed by atoms with E-state index in [0.717, 1.165) is 60.0 Å². The number of anilines is 3. The van der Waals surface area contributed by atoms with Gasteiger partial charge in [-0.3, -0.25) is 0 Å². The van der Waals surface area contributed by atoms with Gasteiger partial charge < -0.3 is 20.9 Å². The molecule has 0 aliphatic heterocycles. The van der Waals surface area contributed by atoms with Gasteiger partial charge in [-0.15, -0.1) is 0 Å². The van der Waals surface area contributed by atoms with E-state index >= 15 is 0 Å². The molecule has 0 bridgehead atoms. The molecule has 1 aliphatic carbocycles. The summed E-state index contributed by atoms with van der Waals surface area (Å²) in [6.45, 7) is 9.84. The fourth-order valence-electron chi connectivity index (χ4n) is 5.25. The number of thiocarbonyl (C=S) groups is 1. The number of para-hydroxylation sites is 2. The Hall–Kier alpha value is -2.93. The van der Waals surface area contributed by atoms with Crippen molar-refractivity contribution in [2.24, 2.45) is 5.92 Å². The summed E-state index contributed by atoms with van der Waals surface area (Å²) in [5, 5.41) is 12.5.